The predicted molar refractivity (Wildman–Crippen MR) is 237 cm³/mol. The van der Waals surface area contributed by atoms with Crippen molar-refractivity contribution in [3.05, 3.63) is 186 Å². The smallest absolute Gasteiger partial charge is 0.204 e. The molecule has 0 N–H and O–H groups in total. The molecule has 0 radical (unpaired) electrons. The van der Waals surface area contributed by atoms with Gasteiger partial charge in [-0.3, -0.25) is 0 Å². The summed E-state index contributed by atoms with van der Waals surface area (Å²) in [5.74, 6) is -136. The minimum atomic E-state index is -8.95. The topological polar surface area (TPSA) is 36.9 Å². The van der Waals surface area contributed by atoms with Crippen molar-refractivity contribution in [1.29, 1.82) is 0 Å². The van der Waals surface area contributed by atoms with E-state index >= 15 is 140 Å². The van der Waals surface area contributed by atoms with Crippen LogP contribution in [0.1, 0.15) is 0 Å². The maximum absolute atomic E-state index is 18.3. The molecule has 0 aliphatic carbocycles. The molecule has 0 saturated carbocycles. The Balaban J connectivity index is 2.08. The van der Waals surface area contributed by atoms with E-state index in [0.29, 0.717) is 0 Å². The Labute approximate surface area is 469 Å². The van der Waals surface area contributed by atoms with Crippen molar-refractivity contribution in [1.82, 2.24) is 0 Å². The molecule has 0 spiro atoms. The molecule has 0 amide bonds. The van der Waals surface area contributed by atoms with Gasteiger partial charge < -0.3 is 18.9 Å². The van der Waals surface area contributed by atoms with E-state index in [4.69, 9.17) is 0 Å². The third-order valence-electron chi connectivity index (χ3n) is 13.7. The van der Waals surface area contributed by atoms with Gasteiger partial charge in [-0.25, -0.2) is 105 Å². The number of rotatable bonds is 12. The number of halogens is 32. The number of hydrogen-bond acceptors (Lipinski definition) is 4. The van der Waals surface area contributed by atoms with Crippen LogP contribution in [0.3, 0.4) is 0 Å². The van der Waals surface area contributed by atoms with Crippen molar-refractivity contribution in [2.24, 2.45) is 0 Å². The zero-order chi connectivity index (χ0) is 67.0. The van der Waals surface area contributed by atoms with E-state index in [-0.39, 0.29) is 28.4 Å². The highest BCUT2D eigenvalue weighted by Crippen LogP contribution is 2.47. The second-order valence-corrected chi connectivity index (χ2v) is 17.7. The van der Waals surface area contributed by atoms with Gasteiger partial charge in [0.1, 0.15) is 29.4 Å². The van der Waals surface area contributed by atoms with Gasteiger partial charge in [0.2, 0.25) is 46.5 Å². The number of ether oxygens (including phenoxy) is 4. The summed E-state index contributed by atoms with van der Waals surface area (Å²) in [6, 6.07) is 0. The Bertz CT molecular complexity index is 3800. The van der Waals surface area contributed by atoms with Crippen LogP contribution >= 0.6 is 0 Å². The lowest BCUT2D eigenvalue weighted by atomic mass is 9.10. The highest BCUT2D eigenvalue weighted by atomic mass is 19.2. The molecular weight excluding hydrogens is 1310 g/mol. The first-order valence-corrected chi connectivity index (χ1v) is 22.7. The van der Waals surface area contributed by atoms with Crippen LogP contribution in [0.15, 0.2) is 0 Å². The highest BCUT2D eigenvalue weighted by Gasteiger charge is 2.54. The summed E-state index contributed by atoms with van der Waals surface area (Å²) >= 11 is 0. The fourth-order valence-electron chi connectivity index (χ4n) is 10.1. The van der Waals surface area contributed by atoms with Gasteiger partial charge >= 0.3 is 0 Å². The van der Waals surface area contributed by atoms with Crippen LogP contribution in [0.4, 0.5) is 140 Å². The first kappa shape index (κ1) is 65.8. The quantitative estimate of drug-likeness (QED) is 0.0529. The van der Waals surface area contributed by atoms with Crippen LogP contribution in [0.5, 0.6) is 23.0 Å². The highest BCUT2D eigenvalue weighted by molar-refractivity contribution is 7.22. The number of hydrogen-bond donors (Lipinski definition) is 0. The zero-order valence-corrected chi connectivity index (χ0v) is 42.3. The molecule has 0 bridgehead atoms. The van der Waals surface area contributed by atoms with Gasteiger partial charge in [-0.05, 0) is 22.3 Å². The third kappa shape index (κ3) is 8.72. The van der Waals surface area contributed by atoms with E-state index in [1.165, 1.54) is 0 Å². The molecule has 0 aromatic heterocycles. The molecule has 8 rings (SSSR count). The van der Waals surface area contributed by atoms with Gasteiger partial charge in [-0.1, -0.05) is 0 Å². The van der Waals surface area contributed by atoms with Crippen molar-refractivity contribution >= 4 is 28.0 Å². The molecular formula is C52H12BF32O4-. The largest absolute Gasteiger partial charge is 0.491 e. The monoisotopic (exact) mass is 1320 g/mol. The average molecular weight is 1320 g/mol. The van der Waals surface area contributed by atoms with E-state index in [1.807, 2.05) is 0 Å². The molecule has 8 aromatic rings. The van der Waals surface area contributed by atoms with Crippen molar-refractivity contribution in [3.8, 4) is 67.5 Å². The molecule has 89 heavy (non-hydrogen) atoms. The minimum absolute atomic E-state index is 0.0124. The second-order valence-electron chi connectivity index (χ2n) is 17.7. The van der Waals surface area contributed by atoms with E-state index in [9.17, 15) is 0 Å². The lowest BCUT2D eigenvalue weighted by Gasteiger charge is -2.49. The SMILES string of the molecule is COc1c(F)c(F)c(-c2c(F)c(F)c(F)c(F)c2[B-](c2c(F)c(F)c(F)c(F)c2-c2c(F)c(F)c(OC)c(F)c2F)(c2c(F)c(F)c(F)c(F)c2-c2c(F)c(F)c(OC)c(F)c2F)c2c(F)c(F)c(F)c(F)c2-c2c(F)c(F)c(OC)c(F)c2F)c(F)c1F. The van der Waals surface area contributed by atoms with Crippen LogP contribution in [0.2, 0.25) is 0 Å². The van der Waals surface area contributed by atoms with Crippen molar-refractivity contribution in [2.75, 3.05) is 28.4 Å². The average Bonchev–Trinajstić information content (AvgIpc) is 0.690. The Kier molecular flexibility index (Phi) is 16.8. The predicted octanol–water partition coefficient (Wildman–Crippen LogP) is 14.2. The van der Waals surface area contributed by atoms with E-state index in [2.05, 4.69) is 18.9 Å². The summed E-state index contributed by atoms with van der Waals surface area (Å²) in [6.07, 6.45) is -8.95. The summed E-state index contributed by atoms with van der Waals surface area (Å²) < 4.78 is 554. The lowest BCUT2D eigenvalue weighted by molar-refractivity contribution is 0.333. The Morgan fingerprint density at radius 2 is 0.258 bits per heavy atom. The summed E-state index contributed by atoms with van der Waals surface area (Å²) in [6.45, 7) is 0. The molecule has 0 aliphatic rings. The molecule has 0 aliphatic heterocycles. The van der Waals surface area contributed by atoms with Crippen LogP contribution in [-0.2, 0) is 0 Å². The van der Waals surface area contributed by atoms with Gasteiger partial charge in [0.05, 0.1) is 50.7 Å². The van der Waals surface area contributed by atoms with Gasteiger partial charge in [0.15, 0.2) is 139 Å². The molecule has 0 heterocycles. The third-order valence-corrected chi connectivity index (χ3v) is 13.7. The summed E-state index contributed by atoms with van der Waals surface area (Å²) in [7, 11) is 0.0497. The molecule has 37 heteroatoms. The maximum atomic E-state index is 18.3. The first-order valence-electron chi connectivity index (χ1n) is 22.7. The van der Waals surface area contributed by atoms with Crippen LogP contribution < -0.4 is 40.8 Å². The first-order chi connectivity index (χ1) is 41.4. The molecule has 0 saturated heterocycles. The minimum Gasteiger partial charge on any atom is -0.491 e. The van der Waals surface area contributed by atoms with Gasteiger partial charge in [-0.15, -0.1) is 21.9 Å². The summed E-state index contributed by atoms with van der Waals surface area (Å²) in [5, 5.41) is 0. The van der Waals surface area contributed by atoms with Crippen molar-refractivity contribution in [2.45, 2.75) is 0 Å². The fraction of sp³-hybridized carbons (Fsp3) is 0.0769. The number of benzene rings is 8. The maximum Gasteiger partial charge on any atom is 0.204 e. The molecule has 8 aromatic carbocycles. The summed E-state index contributed by atoms with van der Waals surface area (Å²) in [5.41, 5.74) is -49.3. The standard InChI is InChI=1S/C52H12BF32O4/c1-86-49-41(78)21(58)9(22(59)42(49)79)5-13(29(66)37(74)33(70)17(5)54)53(14-6(18(55)34(71)38(75)30(14)67)10-23(60)43(80)50(87-2)44(81)24(10)61,15-7(19(56)35(72)39(76)31(15)68)11-25(62)45(82)51(88-3)46(83)26(11)63)16-8(20(57)36(73)40(77)32(16)69)12-27(64)47(84)52(89-4)48(85)28(12)65/h1-4H3/q-1. The van der Waals surface area contributed by atoms with Crippen molar-refractivity contribution in [3.63, 3.8) is 0 Å². The second kappa shape index (κ2) is 22.7. The van der Waals surface area contributed by atoms with Crippen molar-refractivity contribution < 1.29 is 159 Å². The van der Waals surface area contributed by atoms with Crippen LogP contribution in [0, 0.1) is 186 Å². The Morgan fingerprint density at radius 1 is 0.146 bits per heavy atom. The van der Waals surface area contributed by atoms with Crippen LogP contribution in [0.25, 0.3) is 44.5 Å². The Hall–Kier alpha value is -9.22. The fourth-order valence-corrected chi connectivity index (χ4v) is 10.1. The van der Waals surface area contributed by atoms with E-state index in [1.54, 1.807) is 0 Å². The Morgan fingerprint density at radius 3 is 0.382 bits per heavy atom. The normalized spacial score (nSPS) is 11.8. The number of methoxy groups -OCH3 is 4. The van der Waals surface area contributed by atoms with E-state index < -0.39 is 282 Å². The molecule has 472 valence electrons. The zero-order valence-electron chi connectivity index (χ0n) is 42.3. The van der Waals surface area contributed by atoms with E-state index in [0.717, 1.165) is 0 Å². The molecule has 0 unspecified atom stereocenters. The molecule has 0 atom stereocenters. The summed E-state index contributed by atoms with van der Waals surface area (Å²) in [4.78, 5) is 0. The van der Waals surface area contributed by atoms with Gasteiger partial charge in [-0.2, -0.15) is 35.1 Å². The van der Waals surface area contributed by atoms with Gasteiger partial charge in [0, 0.05) is 0 Å². The van der Waals surface area contributed by atoms with Crippen LogP contribution in [-0.4, -0.2) is 34.6 Å². The van der Waals surface area contributed by atoms with Gasteiger partial charge in [0.25, 0.3) is 0 Å². The molecule has 0 fully saturated rings. The lowest BCUT2D eigenvalue weighted by Crippen LogP contribution is -2.80. The molecule has 4 nitrogen and oxygen atoms in total.